The molecule has 0 saturated heterocycles. The van der Waals surface area contributed by atoms with Crippen molar-refractivity contribution in [3.05, 3.63) is 96.3 Å². The monoisotopic (exact) mass is 340 g/mol. The Kier molecular flexibility index (Phi) is 5.44. The fourth-order valence-corrected chi connectivity index (χ4v) is 2.62. The van der Waals surface area contributed by atoms with Gasteiger partial charge in [0, 0.05) is 17.1 Å². The molecular formula is C22H16N2O2. The van der Waals surface area contributed by atoms with E-state index in [0.717, 1.165) is 22.6 Å². The van der Waals surface area contributed by atoms with E-state index < -0.39 is 0 Å². The number of allylic oxidation sites excluding steroid dienone is 1. The van der Waals surface area contributed by atoms with Crippen molar-refractivity contribution in [2.24, 2.45) is 0 Å². The highest BCUT2D eigenvalue weighted by Gasteiger charge is 2.11. The minimum Gasteiger partial charge on any atom is -0.417 e. The minimum absolute atomic E-state index is 0.0456. The van der Waals surface area contributed by atoms with Crippen LogP contribution in [0.25, 0.3) is 6.08 Å². The van der Waals surface area contributed by atoms with Gasteiger partial charge in [0.2, 0.25) is 5.76 Å². The highest BCUT2D eigenvalue weighted by Crippen LogP contribution is 2.34. The van der Waals surface area contributed by atoms with Crippen LogP contribution in [0.3, 0.4) is 0 Å². The number of carbonyl (C=O) groups excluding carboxylic acids is 1. The molecule has 26 heavy (non-hydrogen) atoms. The molecule has 0 aliphatic rings. The molecule has 0 radical (unpaired) electrons. The molecule has 0 heterocycles. The highest BCUT2D eigenvalue weighted by atomic mass is 16.5. The van der Waals surface area contributed by atoms with Crippen molar-refractivity contribution in [2.75, 3.05) is 4.90 Å². The standard InChI is InChI=1S/C22H16N2O2/c23-16-22(26-17-25)15-18-11-13-21(14-12-18)24(19-7-3-1-4-8-19)20-9-5-2-6-10-20/h1-15,17H. The van der Waals surface area contributed by atoms with Gasteiger partial charge in [-0.1, -0.05) is 48.5 Å². The van der Waals surface area contributed by atoms with Crippen LogP contribution in [-0.4, -0.2) is 6.47 Å². The summed E-state index contributed by atoms with van der Waals surface area (Å²) in [6.07, 6.45) is 1.52. The number of nitrogens with zero attached hydrogens (tertiary/aromatic N) is 2. The Morgan fingerprint density at radius 3 is 1.77 bits per heavy atom. The largest absolute Gasteiger partial charge is 0.417 e. The maximum atomic E-state index is 10.4. The van der Waals surface area contributed by atoms with E-state index in [4.69, 9.17) is 5.26 Å². The first-order chi connectivity index (χ1) is 12.8. The maximum absolute atomic E-state index is 10.4. The predicted molar refractivity (Wildman–Crippen MR) is 102 cm³/mol. The lowest BCUT2D eigenvalue weighted by Gasteiger charge is -2.25. The van der Waals surface area contributed by atoms with Crippen LogP contribution in [-0.2, 0) is 9.53 Å². The number of hydrogen-bond donors (Lipinski definition) is 0. The average molecular weight is 340 g/mol. The second-order valence-electron chi connectivity index (χ2n) is 5.43. The van der Waals surface area contributed by atoms with Gasteiger partial charge in [0.05, 0.1) is 0 Å². The number of hydrogen-bond acceptors (Lipinski definition) is 4. The maximum Gasteiger partial charge on any atom is 0.299 e. The van der Waals surface area contributed by atoms with Gasteiger partial charge in [-0.3, -0.25) is 4.79 Å². The van der Waals surface area contributed by atoms with Crippen LogP contribution in [0.5, 0.6) is 0 Å². The molecule has 0 unspecified atom stereocenters. The summed E-state index contributed by atoms with van der Waals surface area (Å²) in [6, 6.07) is 29.7. The third-order valence-electron chi connectivity index (χ3n) is 3.76. The molecule has 0 fully saturated rings. The van der Waals surface area contributed by atoms with Gasteiger partial charge in [-0.05, 0) is 48.0 Å². The average Bonchev–Trinajstić information content (AvgIpc) is 2.71. The summed E-state index contributed by atoms with van der Waals surface area (Å²) >= 11 is 0. The van der Waals surface area contributed by atoms with E-state index in [0.29, 0.717) is 0 Å². The lowest BCUT2D eigenvalue weighted by atomic mass is 10.1. The summed E-state index contributed by atoms with van der Waals surface area (Å²) in [5, 5.41) is 8.95. The minimum atomic E-state index is -0.0456. The molecule has 0 spiro atoms. The summed E-state index contributed by atoms with van der Waals surface area (Å²) < 4.78 is 4.62. The molecular weight excluding hydrogens is 324 g/mol. The zero-order chi connectivity index (χ0) is 18.2. The van der Waals surface area contributed by atoms with Gasteiger partial charge in [0.25, 0.3) is 6.47 Å². The summed E-state index contributed by atoms with van der Waals surface area (Å²) in [6.45, 7) is 0.246. The second-order valence-corrected chi connectivity index (χ2v) is 5.43. The first-order valence-electron chi connectivity index (χ1n) is 8.04. The lowest BCUT2D eigenvalue weighted by Crippen LogP contribution is -2.09. The van der Waals surface area contributed by atoms with Crippen molar-refractivity contribution in [1.29, 1.82) is 5.26 Å². The number of benzene rings is 3. The molecule has 0 bridgehead atoms. The fraction of sp³-hybridized carbons (Fsp3) is 0. The Hall–Kier alpha value is -3.84. The summed E-state index contributed by atoms with van der Waals surface area (Å²) in [5.41, 5.74) is 3.84. The van der Waals surface area contributed by atoms with Crippen LogP contribution in [0.1, 0.15) is 5.56 Å². The number of carbonyl (C=O) groups is 1. The van der Waals surface area contributed by atoms with Crippen molar-refractivity contribution in [3.8, 4) is 6.07 Å². The Labute approximate surface area is 152 Å². The first kappa shape index (κ1) is 17.0. The van der Waals surface area contributed by atoms with Crippen molar-refractivity contribution >= 4 is 29.6 Å². The van der Waals surface area contributed by atoms with Crippen LogP contribution in [0.2, 0.25) is 0 Å². The van der Waals surface area contributed by atoms with Gasteiger partial charge in [0.1, 0.15) is 6.07 Å². The summed E-state index contributed by atoms with van der Waals surface area (Å²) in [4.78, 5) is 12.5. The summed E-state index contributed by atoms with van der Waals surface area (Å²) in [7, 11) is 0. The zero-order valence-corrected chi connectivity index (χ0v) is 13.9. The molecule has 3 rings (SSSR count). The van der Waals surface area contributed by atoms with Crippen molar-refractivity contribution in [2.45, 2.75) is 0 Å². The number of ether oxygens (including phenoxy) is 1. The van der Waals surface area contributed by atoms with Gasteiger partial charge in [-0.25, -0.2) is 0 Å². The van der Waals surface area contributed by atoms with E-state index in [1.54, 1.807) is 0 Å². The normalized spacial score (nSPS) is 10.7. The Balaban J connectivity index is 1.98. The first-order valence-corrected chi connectivity index (χ1v) is 8.04. The molecule has 126 valence electrons. The second kappa shape index (κ2) is 8.32. The molecule has 0 aromatic heterocycles. The Bertz CT molecular complexity index is 888. The molecule has 3 aromatic carbocycles. The van der Waals surface area contributed by atoms with E-state index >= 15 is 0 Å². The number of nitriles is 1. The third-order valence-corrected chi connectivity index (χ3v) is 3.76. The molecule has 0 saturated carbocycles. The summed E-state index contributed by atoms with van der Waals surface area (Å²) in [5.74, 6) is -0.0456. The highest BCUT2D eigenvalue weighted by molar-refractivity contribution is 5.77. The number of anilines is 3. The molecule has 4 nitrogen and oxygen atoms in total. The van der Waals surface area contributed by atoms with E-state index in [-0.39, 0.29) is 12.2 Å². The molecule has 4 heteroatoms. The van der Waals surface area contributed by atoms with Crippen molar-refractivity contribution in [3.63, 3.8) is 0 Å². The smallest absolute Gasteiger partial charge is 0.299 e. The SMILES string of the molecule is N#CC(=Cc1ccc(N(c2ccccc2)c2ccccc2)cc1)OC=O. The van der Waals surface area contributed by atoms with Crippen molar-refractivity contribution < 1.29 is 9.53 Å². The van der Waals surface area contributed by atoms with Crippen LogP contribution in [0.4, 0.5) is 17.1 Å². The van der Waals surface area contributed by atoms with Gasteiger partial charge >= 0.3 is 0 Å². The molecule has 0 atom stereocenters. The molecule has 3 aromatic rings. The van der Waals surface area contributed by atoms with Crippen LogP contribution >= 0.6 is 0 Å². The van der Waals surface area contributed by atoms with Gasteiger partial charge in [-0.15, -0.1) is 0 Å². The van der Waals surface area contributed by atoms with Gasteiger partial charge in [-0.2, -0.15) is 5.26 Å². The Morgan fingerprint density at radius 1 is 0.808 bits per heavy atom. The van der Waals surface area contributed by atoms with Crippen LogP contribution < -0.4 is 4.90 Å². The van der Waals surface area contributed by atoms with E-state index in [1.807, 2.05) is 91.0 Å². The topological polar surface area (TPSA) is 53.3 Å². The van der Waals surface area contributed by atoms with Gasteiger partial charge < -0.3 is 9.64 Å². The van der Waals surface area contributed by atoms with E-state index in [1.165, 1.54) is 6.08 Å². The number of rotatable bonds is 6. The van der Waals surface area contributed by atoms with Crippen molar-refractivity contribution in [1.82, 2.24) is 0 Å². The molecule has 0 amide bonds. The van der Waals surface area contributed by atoms with Gasteiger partial charge in [0.15, 0.2) is 0 Å². The lowest BCUT2D eigenvalue weighted by molar-refractivity contribution is -0.124. The van der Waals surface area contributed by atoms with E-state index in [2.05, 4.69) is 9.64 Å². The molecule has 0 aliphatic carbocycles. The third kappa shape index (κ3) is 3.97. The zero-order valence-electron chi connectivity index (χ0n) is 13.9. The number of para-hydroxylation sites is 2. The predicted octanol–water partition coefficient (Wildman–Crippen LogP) is 5.19. The fourth-order valence-electron chi connectivity index (χ4n) is 2.62. The molecule has 0 aliphatic heterocycles. The quantitative estimate of drug-likeness (QED) is 0.352. The van der Waals surface area contributed by atoms with Crippen LogP contribution in [0.15, 0.2) is 90.7 Å². The van der Waals surface area contributed by atoms with E-state index in [9.17, 15) is 4.79 Å². The molecule has 0 N–H and O–H groups in total. The van der Waals surface area contributed by atoms with Crippen LogP contribution in [0, 0.1) is 11.3 Å². The Morgan fingerprint density at radius 2 is 1.31 bits per heavy atom.